The molecule has 1 aromatic carbocycles. The minimum atomic E-state index is -0.0604. The third-order valence-corrected chi connectivity index (χ3v) is 7.39. The molecule has 0 N–H and O–H groups in total. The van der Waals surface area contributed by atoms with Gasteiger partial charge in [-0.2, -0.15) is 0 Å². The number of likely N-dealkylation sites (tertiary alicyclic amines) is 1. The maximum absolute atomic E-state index is 12.8. The molecule has 5 heteroatoms. The molecule has 1 atom stereocenters. The summed E-state index contributed by atoms with van der Waals surface area (Å²) in [5.74, 6) is 0.191. The Hall–Kier alpha value is -1.69. The van der Waals surface area contributed by atoms with Crippen LogP contribution in [0.15, 0.2) is 41.8 Å². The van der Waals surface area contributed by atoms with Crippen LogP contribution in [-0.2, 0) is 11.3 Å². The summed E-state index contributed by atoms with van der Waals surface area (Å²) < 4.78 is 6.32. The second-order valence-corrected chi connectivity index (χ2v) is 9.22. The minimum absolute atomic E-state index is 0.0604. The largest absolute Gasteiger partial charge is 0.375 e. The summed E-state index contributed by atoms with van der Waals surface area (Å²) in [7, 11) is 2.23. The number of thiophene rings is 1. The molecule has 2 aliphatic rings. The fourth-order valence-corrected chi connectivity index (χ4v) is 5.47. The zero-order chi connectivity index (χ0) is 19.6. The summed E-state index contributed by atoms with van der Waals surface area (Å²) in [6.45, 7) is 5.41. The lowest BCUT2D eigenvalue weighted by atomic mass is 9.81. The van der Waals surface area contributed by atoms with Crippen molar-refractivity contribution in [1.82, 2.24) is 9.80 Å². The number of benzene rings is 1. The Morgan fingerprint density at radius 1 is 1.25 bits per heavy atom. The van der Waals surface area contributed by atoms with E-state index >= 15 is 0 Å². The second kappa shape index (κ2) is 8.36. The molecule has 2 aromatic rings. The number of hydrogen-bond donors (Lipinski definition) is 0. The van der Waals surface area contributed by atoms with Gasteiger partial charge >= 0.3 is 0 Å². The first-order valence-electron chi connectivity index (χ1n) is 10.3. The van der Waals surface area contributed by atoms with Crippen molar-refractivity contribution in [2.75, 3.05) is 26.7 Å². The maximum atomic E-state index is 12.8. The first kappa shape index (κ1) is 19.6. The molecule has 0 aliphatic carbocycles. The van der Waals surface area contributed by atoms with E-state index in [9.17, 15) is 4.79 Å². The van der Waals surface area contributed by atoms with E-state index in [-0.39, 0.29) is 11.5 Å². The van der Waals surface area contributed by atoms with Crippen molar-refractivity contribution >= 4 is 17.2 Å². The van der Waals surface area contributed by atoms with E-state index in [2.05, 4.69) is 42.3 Å². The second-order valence-electron chi connectivity index (χ2n) is 8.30. The van der Waals surface area contributed by atoms with Gasteiger partial charge in [0.25, 0.3) is 5.91 Å². The van der Waals surface area contributed by atoms with E-state index in [1.807, 2.05) is 23.3 Å². The molecule has 150 valence electrons. The van der Waals surface area contributed by atoms with Crippen molar-refractivity contribution < 1.29 is 9.53 Å². The van der Waals surface area contributed by atoms with Crippen molar-refractivity contribution in [3.8, 4) is 0 Å². The van der Waals surface area contributed by atoms with E-state index in [1.165, 1.54) is 5.56 Å². The molecular formula is C23H30N2O2S. The Kier molecular flexibility index (Phi) is 5.85. The quantitative estimate of drug-likeness (QED) is 0.768. The van der Waals surface area contributed by atoms with Gasteiger partial charge in [-0.25, -0.2) is 0 Å². The fourth-order valence-electron chi connectivity index (χ4n) is 4.58. The number of carbonyl (C=O) groups excluding carboxylic acids is 1. The number of rotatable bonds is 4. The lowest BCUT2D eigenvalue weighted by molar-refractivity contribution is -0.128. The normalized spacial score (nSPS) is 22.0. The number of ether oxygens (including phenoxy) is 1. The summed E-state index contributed by atoms with van der Waals surface area (Å²) in [6.07, 6.45) is 4.04. The van der Waals surface area contributed by atoms with E-state index in [1.54, 1.807) is 11.3 Å². The molecule has 4 rings (SSSR count). The van der Waals surface area contributed by atoms with Gasteiger partial charge < -0.3 is 9.64 Å². The summed E-state index contributed by atoms with van der Waals surface area (Å²) >= 11 is 1.55. The van der Waals surface area contributed by atoms with Gasteiger partial charge in [0.05, 0.1) is 10.5 Å². The van der Waals surface area contributed by atoms with Crippen LogP contribution in [0.4, 0.5) is 0 Å². The lowest BCUT2D eigenvalue weighted by Crippen LogP contribution is -2.54. The van der Waals surface area contributed by atoms with Gasteiger partial charge in [0.1, 0.15) is 0 Å². The van der Waals surface area contributed by atoms with Gasteiger partial charge in [0.2, 0.25) is 0 Å². The highest BCUT2D eigenvalue weighted by Crippen LogP contribution is 2.37. The Morgan fingerprint density at radius 2 is 2.00 bits per heavy atom. The van der Waals surface area contributed by atoms with Crippen molar-refractivity contribution in [2.45, 2.75) is 50.8 Å². The van der Waals surface area contributed by atoms with Gasteiger partial charge in [-0.15, -0.1) is 11.3 Å². The van der Waals surface area contributed by atoms with E-state index in [0.29, 0.717) is 6.04 Å². The molecule has 2 aliphatic heterocycles. The van der Waals surface area contributed by atoms with Crippen LogP contribution in [0.5, 0.6) is 0 Å². The third kappa shape index (κ3) is 4.17. The Morgan fingerprint density at radius 3 is 2.68 bits per heavy atom. The van der Waals surface area contributed by atoms with Crippen LogP contribution in [0.3, 0.4) is 0 Å². The molecule has 0 saturated carbocycles. The van der Waals surface area contributed by atoms with Crippen molar-refractivity contribution in [1.29, 1.82) is 0 Å². The van der Waals surface area contributed by atoms with Gasteiger partial charge in [-0.3, -0.25) is 9.69 Å². The zero-order valence-corrected chi connectivity index (χ0v) is 17.7. The number of nitrogens with zero attached hydrogens (tertiary/aromatic N) is 2. The number of hydrogen-bond acceptors (Lipinski definition) is 4. The molecule has 4 nitrogen and oxygen atoms in total. The van der Waals surface area contributed by atoms with Crippen LogP contribution >= 0.6 is 11.3 Å². The molecule has 1 spiro atoms. The van der Waals surface area contributed by atoms with Crippen LogP contribution in [0.1, 0.15) is 46.5 Å². The molecule has 28 heavy (non-hydrogen) atoms. The molecule has 3 heterocycles. The van der Waals surface area contributed by atoms with E-state index < -0.39 is 0 Å². The van der Waals surface area contributed by atoms with Crippen LogP contribution in [0.25, 0.3) is 0 Å². The first-order chi connectivity index (χ1) is 13.6. The topological polar surface area (TPSA) is 32.8 Å². The average Bonchev–Trinajstić information content (AvgIpc) is 3.15. The smallest absolute Gasteiger partial charge is 0.264 e. The predicted octanol–water partition coefficient (Wildman–Crippen LogP) is 4.34. The highest BCUT2D eigenvalue weighted by atomic mass is 32.1. The summed E-state index contributed by atoms with van der Waals surface area (Å²) in [4.78, 5) is 18.2. The number of piperidine rings is 1. The first-order valence-corrected chi connectivity index (χ1v) is 11.2. The highest BCUT2D eigenvalue weighted by molar-refractivity contribution is 7.12. The third-order valence-electron chi connectivity index (χ3n) is 6.38. The number of aryl methyl sites for hydroxylation is 1. The SMILES string of the molecule is Cc1ccsc1C(=O)N1CCC2(CC1)CC(N(C)Cc1ccccc1)CCO2. The van der Waals surface area contributed by atoms with Crippen LogP contribution in [-0.4, -0.2) is 54.1 Å². The fraction of sp³-hybridized carbons (Fsp3) is 0.522. The predicted molar refractivity (Wildman–Crippen MR) is 114 cm³/mol. The lowest BCUT2D eigenvalue weighted by Gasteiger charge is -2.48. The molecule has 2 fully saturated rings. The van der Waals surface area contributed by atoms with Gasteiger partial charge in [-0.05, 0) is 62.2 Å². The Bertz CT molecular complexity index is 796. The maximum Gasteiger partial charge on any atom is 0.264 e. The van der Waals surface area contributed by atoms with Crippen molar-refractivity contribution in [3.63, 3.8) is 0 Å². The monoisotopic (exact) mass is 398 g/mol. The van der Waals surface area contributed by atoms with Crippen LogP contribution in [0, 0.1) is 6.92 Å². The average molecular weight is 399 g/mol. The van der Waals surface area contributed by atoms with Crippen molar-refractivity contribution in [2.24, 2.45) is 0 Å². The summed E-state index contributed by atoms with van der Waals surface area (Å²) in [5, 5.41) is 2.01. The van der Waals surface area contributed by atoms with Crippen LogP contribution < -0.4 is 0 Å². The standard InChI is InChI=1S/C23H30N2O2S/c1-18-9-15-28-21(18)22(26)25-12-10-23(11-13-25)16-20(8-14-27-23)24(2)17-19-6-4-3-5-7-19/h3-7,9,15,20H,8,10-14,16-17H2,1-2H3. The van der Waals surface area contributed by atoms with Gasteiger partial charge in [0.15, 0.2) is 0 Å². The van der Waals surface area contributed by atoms with Crippen LogP contribution in [0.2, 0.25) is 0 Å². The Labute approximate surface area is 172 Å². The Balaban J connectivity index is 1.35. The molecule has 0 radical (unpaired) electrons. The molecule has 1 amide bonds. The molecule has 1 unspecified atom stereocenters. The van der Waals surface area contributed by atoms with Gasteiger partial charge in [0, 0.05) is 32.3 Å². The highest BCUT2D eigenvalue weighted by Gasteiger charge is 2.42. The molecular weight excluding hydrogens is 368 g/mol. The molecule has 2 saturated heterocycles. The molecule has 1 aromatic heterocycles. The zero-order valence-electron chi connectivity index (χ0n) is 16.9. The van der Waals surface area contributed by atoms with Crippen molar-refractivity contribution in [3.05, 3.63) is 57.8 Å². The summed E-state index contributed by atoms with van der Waals surface area (Å²) in [5.41, 5.74) is 2.39. The number of carbonyl (C=O) groups is 1. The minimum Gasteiger partial charge on any atom is -0.375 e. The van der Waals surface area contributed by atoms with E-state index in [0.717, 1.165) is 62.4 Å². The van der Waals surface area contributed by atoms with Gasteiger partial charge in [-0.1, -0.05) is 30.3 Å². The van der Waals surface area contributed by atoms with E-state index in [4.69, 9.17) is 4.74 Å². The number of amides is 1. The molecule has 0 bridgehead atoms. The summed E-state index contributed by atoms with van der Waals surface area (Å²) in [6, 6.07) is 13.2.